The number of aliphatic hydroxyl groups excluding tert-OH is 1. The van der Waals surface area contributed by atoms with Crippen LogP contribution in [0.5, 0.6) is 0 Å². The number of benzene rings is 1. The Balaban J connectivity index is 1.92. The summed E-state index contributed by atoms with van der Waals surface area (Å²) in [5, 5.41) is 9.24. The van der Waals surface area contributed by atoms with Gasteiger partial charge in [0, 0.05) is 11.8 Å². The first kappa shape index (κ1) is 14.9. The summed E-state index contributed by atoms with van der Waals surface area (Å²) in [4.78, 5) is 11.7. The van der Waals surface area contributed by atoms with Gasteiger partial charge in [0.15, 0.2) is 0 Å². The van der Waals surface area contributed by atoms with Gasteiger partial charge in [0.25, 0.3) is 0 Å². The van der Waals surface area contributed by atoms with Crippen molar-refractivity contribution in [1.82, 2.24) is 0 Å². The fraction of sp³-hybridized carbons (Fsp3) is 0.471. The lowest BCUT2D eigenvalue weighted by Gasteiger charge is -2.28. The average Bonchev–Trinajstić information content (AvgIpc) is 2.48. The van der Waals surface area contributed by atoms with Crippen LogP contribution in [-0.4, -0.2) is 24.1 Å². The van der Waals surface area contributed by atoms with Crippen molar-refractivity contribution in [3.8, 4) is 0 Å². The standard InChI is InChI=1S/C17H22O3/c1-13(19)17-8-7-15(10-18)9-16(17)12-20-11-14-5-3-2-4-6-14/h2-6,9,16-18H,7-8,10-12H2,1H3/t16-,17-/m0/s1. The number of hydrogen-bond donors (Lipinski definition) is 1. The summed E-state index contributed by atoms with van der Waals surface area (Å²) in [6, 6.07) is 10.0. The second-order valence-corrected chi connectivity index (χ2v) is 5.40. The fourth-order valence-corrected chi connectivity index (χ4v) is 2.75. The molecule has 1 N–H and O–H groups in total. The summed E-state index contributed by atoms with van der Waals surface area (Å²) < 4.78 is 5.75. The van der Waals surface area contributed by atoms with E-state index in [0.29, 0.717) is 13.2 Å². The smallest absolute Gasteiger partial charge is 0.133 e. The molecular weight excluding hydrogens is 252 g/mol. The number of ether oxygens (including phenoxy) is 1. The third kappa shape index (κ3) is 4.02. The molecule has 0 heterocycles. The summed E-state index contributed by atoms with van der Waals surface area (Å²) >= 11 is 0. The molecule has 0 aromatic heterocycles. The zero-order valence-corrected chi connectivity index (χ0v) is 11.9. The van der Waals surface area contributed by atoms with Crippen LogP contribution in [0.25, 0.3) is 0 Å². The van der Waals surface area contributed by atoms with Crippen molar-refractivity contribution in [2.24, 2.45) is 11.8 Å². The lowest BCUT2D eigenvalue weighted by Crippen LogP contribution is -2.28. The van der Waals surface area contributed by atoms with Crippen molar-refractivity contribution in [3.05, 3.63) is 47.5 Å². The zero-order chi connectivity index (χ0) is 14.4. The Labute approximate surface area is 120 Å². The van der Waals surface area contributed by atoms with Gasteiger partial charge in [-0.25, -0.2) is 0 Å². The molecule has 2 rings (SSSR count). The minimum atomic E-state index is 0.0288. The molecule has 3 heteroatoms. The minimum Gasteiger partial charge on any atom is -0.392 e. The molecule has 1 aromatic carbocycles. The molecule has 20 heavy (non-hydrogen) atoms. The van der Waals surface area contributed by atoms with Crippen molar-refractivity contribution >= 4 is 5.78 Å². The van der Waals surface area contributed by atoms with Crippen LogP contribution in [0.3, 0.4) is 0 Å². The monoisotopic (exact) mass is 274 g/mol. The Hall–Kier alpha value is -1.45. The quantitative estimate of drug-likeness (QED) is 0.811. The third-order valence-corrected chi connectivity index (χ3v) is 3.89. The van der Waals surface area contributed by atoms with Crippen molar-refractivity contribution in [3.63, 3.8) is 0 Å². The Morgan fingerprint density at radius 1 is 1.35 bits per heavy atom. The van der Waals surface area contributed by atoms with Crippen molar-refractivity contribution in [2.75, 3.05) is 13.2 Å². The number of hydrogen-bond acceptors (Lipinski definition) is 3. The first-order chi connectivity index (χ1) is 9.70. The highest BCUT2D eigenvalue weighted by molar-refractivity contribution is 5.79. The average molecular weight is 274 g/mol. The Morgan fingerprint density at radius 3 is 2.75 bits per heavy atom. The van der Waals surface area contributed by atoms with Gasteiger partial charge in [0.2, 0.25) is 0 Å². The predicted molar refractivity (Wildman–Crippen MR) is 78.2 cm³/mol. The molecule has 0 spiro atoms. The number of rotatable bonds is 6. The molecule has 0 saturated carbocycles. The maximum Gasteiger partial charge on any atom is 0.133 e. The summed E-state index contributed by atoms with van der Waals surface area (Å²) in [6.45, 7) is 2.82. The SMILES string of the molecule is CC(=O)[C@@H]1CCC(CO)=C[C@H]1COCc1ccccc1. The maximum absolute atomic E-state index is 11.7. The van der Waals surface area contributed by atoms with Crippen molar-refractivity contribution in [2.45, 2.75) is 26.4 Å². The van der Waals surface area contributed by atoms with E-state index in [-0.39, 0.29) is 24.2 Å². The van der Waals surface area contributed by atoms with Crippen LogP contribution in [-0.2, 0) is 16.1 Å². The number of carbonyl (C=O) groups is 1. The van der Waals surface area contributed by atoms with Gasteiger partial charge in [-0.3, -0.25) is 4.79 Å². The summed E-state index contributed by atoms with van der Waals surface area (Å²) in [6.07, 6.45) is 3.66. The highest BCUT2D eigenvalue weighted by Crippen LogP contribution is 2.29. The highest BCUT2D eigenvalue weighted by Gasteiger charge is 2.28. The van der Waals surface area contributed by atoms with Crippen molar-refractivity contribution in [1.29, 1.82) is 0 Å². The fourth-order valence-electron chi connectivity index (χ4n) is 2.75. The van der Waals surface area contributed by atoms with E-state index in [4.69, 9.17) is 4.74 Å². The molecule has 0 radical (unpaired) electrons. The summed E-state index contributed by atoms with van der Waals surface area (Å²) in [5.41, 5.74) is 2.16. The van der Waals surface area contributed by atoms with Gasteiger partial charge < -0.3 is 9.84 Å². The Bertz CT molecular complexity index is 464. The lowest BCUT2D eigenvalue weighted by atomic mass is 9.79. The molecule has 1 aromatic rings. The van der Waals surface area contributed by atoms with E-state index >= 15 is 0 Å². The number of aliphatic hydroxyl groups is 1. The molecule has 1 aliphatic rings. The molecule has 0 bridgehead atoms. The zero-order valence-electron chi connectivity index (χ0n) is 11.9. The normalized spacial score (nSPS) is 22.4. The Kier molecular flexibility index (Phi) is 5.50. The minimum absolute atomic E-state index is 0.0288. The van der Waals surface area contributed by atoms with E-state index in [1.807, 2.05) is 36.4 Å². The molecule has 0 unspecified atom stereocenters. The van der Waals surface area contributed by atoms with Crippen LogP contribution in [0.4, 0.5) is 0 Å². The molecule has 0 aliphatic heterocycles. The maximum atomic E-state index is 11.7. The van der Waals surface area contributed by atoms with Crippen LogP contribution in [0.15, 0.2) is 42.0 Å². The van der Waals surface area contributed by atoms with E-state index in [1.54, 1.807) is 6.92 Å². The molecular formula is C17H22O3. The second kappa shape index (κ2) is 7.36. The van der Waals surface area contributed by atoms with Gasteiger partial charge in [-0.05, 0) is 30.9 Å². The van der Waals surface area contributed by atoms with E-state index in [9.17, 15) is 9.90 Å². The van der Waals surface area contributed by atoms with Crippen LogP contribution in [0, 0.1) is 11.8 Å². The predicted octanol–water partition coefficient (Wildman–Crippen LogP) is 2.74. The Morgan fingerprint density at radius 2 is 2.10 bits per heavy atom. The van der Waals surface area contributed by atoms with E-state index in [1.165, 1.54) is 0 Å². The molecule has 1 aliphatic carbocycles. The largest absolute Gasteiger partial charge is 0.392 e. The van der Waals surface area contributed by atoms with Gasteiger partial charge in [-0.15, -0.1) is 0 Å². The highest BCUT2D eigenvalue weighted by atomic mass is 16.5. The molecule has 3 nitrogen and oxygen atoms in total. The first-order valence-corrected chi connectivity index (χ1v) is 7.13. The van der Waals surface area contributed by atoms with Gasteiger partial charge in [-0.1, -0.05) is 36.4 Å². The van der Waals surface area contributed by atoms with E-state index < -0.39 is 0 Å². The van der Waals surface area contributed by atoms with Crippen LogP contribution in [0.1, 0.15) is 25.3 Å². The third-order valence-electron chi connectivity index (χ3n) is 3.89. The topological polar surface area (TPSA) is 46.5 Å². The second-order valence-electron chi connectivity index (χ2n) is 5.40. The number of Topliss-reactive ketones (excluding diaryl/α,β-unsaturated/α-hetero) is 1. The van der Waals surface area contributed by atoms with Crippen LogP contribution < -0.4 is 0 Å². The van der Waals surface area contributed by atoms with Gasteiger partial charge in [0.1, 0.15) is 5.78 Å². The number of carbonyl (C=O) groups excluding carboxylic acids is 1. The summed E-state index contributed by atoms with van der Waals surface area (Å²) in [5.74, 6) is 0.333. The molecule has 2 atom stereocenters. The molecule has 108 valence electrons. The lowest BCUT2D eigenvalue weighted by molar-refractivity contribution is -0.123. The van der Waals surface area contributed by atoms with Gasteiger partial charge in [-0.2, -0.15) is 0 Å². The first-order valence-electron chi connectivity index (χ1n) is 7.13. The van der Waals surface area contributed by atoms with Crippen LogP contribution in [0.2, 0.25) is 0 Å². The molecule has 0 fully saturated rings. The van der Waals surface area contributed by atoms with E-state index in [2.05, 4.69) is 0 Å². The van der Waals surface area contributed by atoms with Gasteiger partial charge in [0.05, 0.1) is 19.8 Å². The summed E-state index contributed by atoms with van der Waals surface area (Å²) in [7, 11) is 0. The molecule has 0 amide bonds. The number of ketones is 1. The molecule has 0 saturated heterocycles. The van der Waals surface area contributed by atoms with Crippen LogP contribution >= 0.6 is 0 Å². The van der Waals surface area contributed by atoms with Crippen molar-refractivity contribution < 1.29 is 14.6 Å². The van der Waals surface area contributed by atoms with Gasteiger partial charge >= 0.3 is 0 Å². The van der Waals surface area contributed by atoms with E-state index in [0.717, 1.165) is 24.0 Å².